The summed E-state index contributed by atoms with van der Waals surface area (Å²) in [5.74, 6) is 2.52. The Morgan fingerprint density at radius 1 is 0.759 bits per heavy atom. The molecule has 29 heavy (non-hydrogen) atoms. The highest BCUT2D eigenvalue weighted by atomic mass is 16.2. The van der Waals surface area contributed by atoms with Gasteiger partial charge in [-0.05, 0) is 93.4 Å². The molecular formula is C24H33N3O2. The highest BCUT2D eigenvalue weighted by Gasteiger charge is 2.54. The fourth-order valence-electron chi connectivity index (χ4n) is 6.77. The van der Waals surface area contributed by atoms with Crippen molar-refractivity contribution in [1.29, 1.82) is 0 Å². The number of anilines is 2. The van der Waals surface area contributed by atoms with E-state index in [0.29, 0.717) is 0 Å². The number of likely N-dealkylation sites (tertiary alicyclic amines) is 1. The maximum atomic E-state index is 13.2. The lowest BCUT2D eigenvalue weighted by Crippen LogP contribution is -2.51. The van der Waals surface area contributed by atoms with Crippen LogP contribution >= 0.6 is 0 Å². The highest BCUT2D eigenvalue weighted by Crippen LogP contribution is 2.60. The van der Waals surface area contributed by atoms with Crippen molar-refractivity contribution in [3.05, 3.63) is 24.3 Å². The largest absolute Gasteiger partial charge is 0.326 e. The maximum Gasteiger partial charge on any atom is 0.321 e. The number of urea groups is 1. The van der Waals surface area contributed by atoms with Gasteiger partial charge in [0.05, 0.1) is 5.41 Å². The molecule has 1 aromatic carbocycles. The predicted octanol–water partition coefficient (Wildman–Crippen LogP) is 5.25. The molecule has 5 heteroatoms. The van der Waals surface area contributed by atoms with Crippen LogP contribution in [-0.2, 0) is 4.79 Å². The Hall–Kier alpha value is -2.04. The summed E-state index contributed by atoms with van der Waals surface area (Å²) in [6.07, 6.45) is 11.9. The van der Waals surface area contributed by atoms with Crippen LogP contribution in [0.5, 0.6) is 0 Å². The van der Waals surface area contributed by atoms with Gasteiger partial charge in [0.15, 0.2) is 0 Å². The van der Waals surface area contributed by atoms with Crippen molar-refractivity contribution >= 4 is 23.3 Å². The van der Waals surface area contributed by atoms with E-state index < -0.39 is 0 Å². The molecule has 0 radical (unpaired) electrons. The van der Waals surface area contributed by atoms with E-state index in [4.69, 9.17) is 0 Å². The molecule has 3 amide bonds. The number of carbonyl (C=O) groups is 2. The van der Waals surface area contributed by atoms with Crippen LogP contribution in [0.15, 0.2) is 24.3 Å². The lowest BCUT2D eigenvalue weighted by molar-refractivity contribution is -0.140. The minimum atomic E-state index is -0.131. The van der Waals surface area contributed by atoms with E-state index in [-0.39, 0.29) is 17.4 Å². The molecule has 4 aliphatic carbocycles. The zero-order valence-electron chi connectivity index (χ0n) is 17.3. The van der Waals surface area contributed by atoms with E-state index in [1.165, 1.54) is 32.1 Å². The summed E-state index contributed by atoms with van der Waals surface area (Å²) >= 11 is 0. The van der Waals surface area contributed by atoms with Crippen molar-refractivity contribution in [3.8, 4) is 0 Å². The third kappa shape index (κ3) is 3.88. The summed E-state index contributed by atoms with van der Waals surface area (Å²) in [6.45, 7) is 1.68. The standard InChI is InChI=1S/C24H33N3O2/c28-22(24-14-17-11-18(15-24)13-19(12-17)16-24)25-20-5-7-21(8-6-20)26-23(29)27-9-3-1-2-4-10-27/h5-8,17-19H,1-4,9-16H2,(H,25,28)(H,26,29). The summed E-state index contributed by atoms with van der Waals surface area (Å²) in [6, 6.07) is 7.60. The number of nitrogens with zero attached hydrogens (tertiary/aromatic N) is 1. The molecule has 0 aromatic heterocycles. The van der Waals surface area contributed by atoms with Crippen LogP contribution in [0.1, 0.15) is 64.2 Å². The van der Waals surface area contributed by atoms with Crippen molar-refractivity contribution < 1.29 is 9.59 Å². The van der Waals surface area contributed by atoms with Gasteiger partial charge < -0.3 is 15.5 Å². The molecule has 4 bridgehead atoms. The Morgan fingerprint density at radius 3 is 1.76 bits per heavy atom. The third-order valence-corrected chi connectivity index (χ3v) is 7.81. The molecule has 5 nitrogen and oxygen atoms in total. The fourth-order valence-corrected chi connectivity index (χ4v) is 6.77. The first-order chi connectivity index (χ1) is 14.1. The number of rotatable bonds is 3. The van der Waals surface area contributed by atoms with Gasteiger partial charge in [0.25, 0.3) is 0 Å². The second-order valence-electron chi connectivity index (χ2n) is 10.1. The second kappa shape index (κ2) is 7.66. The molecule has 1 aromatic rings. The van der Waals surface area contributed by atoms with Gasteiger partial charge >= 0.3 is 6.03 Å². The minimum absolute atomic E-state index is 0.0164. The summed E-state index contributed by atoms with van der Waals surface area (Å²) in [4.78, 5) is 27.6. The van der Waals surface area contributed by atoms with Crippen LogP contribution in [0.25, 0.3) is 0 Å². The van der Waals surface area contributed by atoms with Crippen LogP contribution in [0.2, 0.25) is 0 Å². The van der Waals surface area contributed by atoms with Crippen molar-refractivity contribution in [1.82, 2.24) is 4.90 Å². The number of hydrogen-bond acceptors (Lipinski definition) is 2. The molecule has 5 fully saturated rings. The van der Waals surface area contributed by atoms with Crippen molar-refractivity contribution in [2.75, 3.05) is 23.7 Å². The molecule has 5 aliphatic rings. The van der Waals surface area contributed by atoms with Crippen molar-refractivity contribution in [2.45, 2.75) is 64.2 Å². The summed E-state index contributed by atoms with van der Waals surface area (Å²) in [5, 5.41) is 6.19. The monoisotopic (exact) mass is 395 g/mol. The molecule has 6 rings (SSSR count). The number of amides is 3. The normalized spacial score (nSPS) is 33.2. The summed E-state index contributed by atoms with van der Waals surface area (Å²) < 4.78 is 0. The molecule has 1 aliphatic heterocycles. The van der Waals surface area contributed by atoms with Gasteiger partial charge in [-0.25, -0.2) is 4.79 Å². The van der Waals surface area contributed by atoms with Gasteiger partial charge in [-0.2, -0.15) is 0 Å². The van der Waals surface area contributed by atoms with Crippen LogP contribution in [0.4, 0.5) is 16.2 Å². The average Bonchev–Trinajstić information content (AvgIpc) is 2.98. The zero-order chi connectivity index (χ0) is 19.8. The van der Waals surface area contributed by atoms with Gasteiger partial charge in [0.2, 0.25) is 5.91 Å². The quantitative estimate of drug-likeness (QED) is 0.734. The molecule has 1 heterocycles. The smallest absolute Gasteiger partial charge is 0.321 e. The molecule has 1 saturated heterocycles. The fraction of sp³-hybridized carbons (Fsp3) is 0.667. The Kier molecular flexibility index (Phi) is 5.00. The number of benzene rings is 1. The average molecular weight is 396 g/mol. The summed E-state index contributed by atoms with van der Waals surface area (Å²) in [5.41, 5.74) is 1.49. The van der Waals surface area contributed by atoms with Gasteiger partial charge in [-0.3, -0.25) is 4.79 Å². The van der Waals surface area contributed by atoms with Gasteiger partial charge in [0, 0.05) is 24.5 Å². The van der Waals surface area contributed by atoms with Crippen LogP contribution in [0.3, 0.4) is 0 Å². The molecule has 2 N–H and O–H groups in total. The minimum Gasteiger partial charge on any atom is -0.326 e. The van der Waals surface area contributed by atoms with Crippen LogP contribution in [-0.4, -0.2) is 29.9 Å². The Morgan fingerprint density at radius 2 is 1.24 bits per heavy atom. The zero-order valence-corrected chi connectivity index (χ0v) is 17.3. The second-order valence-corrected chi connectivity index (χ2v) is 10.1. The van der Waals surface area contributed by atoms with E-state index in [2.05, 4.69) is 10.6 Å². The first-order valence-corrected chi connectivity index (χ1v) is 11.6. The lowest BCUT2D eigenvalue weighted by Gasteiger charge is -2.55. The Balaban J connectivity index is 1.19. The maximum absolute atomic E-state index is 13.2. The van der Waals surface area contributed by atoms with Crippen LogP contribution in [0, 0.1) is 23.2 Å². The van der Waals surface area contributed by atoms with Gasteiger partial charge in [-0.1, -0.05) is 12.8 Å². The molecule has 0 unspecified atom stereocenters. The summed E-state index contributed by atoms with van der Waals surface area (Å²) in [7, 11) is 0. The molecule has 0 atom stereocenters. The van der Waals surface area contributed by atoms with E-state index in [9.17, 15) is 9.59 Å². The van der Waals surface area contributed by atoms with E-state index in [0.717, 1.165) is 74.3 Å². The highest BCUT2D eigenvalue weighted by molar-refractivity contribution is 5.96. The molecule has 4 saturated carbocycles. The Labute approximate surface area is 173 Å². The number of carbonyl (C=O) groups excluding carboxylic acids is 2. The van der Waals surface area contributed by atoms with E-state index in [1.807, 2.05) is 29.2 Å². The number of nitrogens with one attached hydrogen (secondary N) is 2. The molecule has 0 spiro atoms. The lowest BCUT2D eigenvalue weighted by atomic mass is 9.49. The first kappa shape index (κ1) is 19.0. The van der Waals surface area contributed by atoms with E-state index in [1.54, 1.807) is 0 Å². The topological polar surface area (TPSA) is 61.4 Å². The van der Waals surface area contributed by atoms with Gasteiger partial charge in [-0.15, -0.1) is 0 Å². The van der Waals surface area contributed by atoms with Gasteiger partial charge in [0.1, 0.15) is 0 Å². The van der Waals surface area contributed by atoms with Crippen molar-refractivity contribution in [2.24, 2.45) is 23.2 Å². The molecule has 156 valence electrons. The Bertz CT molecular complexity index is 730. The predicted molar refractivity (Wildman–Crippen MR) is 115 cm³/mol. The third-order valence-electron chi connectivity index (χ3n) is 7.81. The van der Waals surface area contributed by atoms with Crippen LogP contribution < -0.4 is 10.6 Å². The van der Waals surface area contributed by atoms with Crippen molar-refractivity contribution in [3.63, 3.8) is 0 Å². The molecular weight excluding hydrogens is 362 g/mol. The van der Waals surface area contributed by atoms with E-state index >= 15 is 0 Å². The SMILES string of the molecule is O=C(Nc1ccc(NC(=O)C23CC4CC(CC(C4)C2)C3)cc1)N1CCCCCC1. The number of hydrogen-bond donors (Lipinski definition) is 2. The first-order valence-electron chi connectivity index (χ1n) is 11.6.